The Morgan fingerprint density at radius 2 is 1.85 bits per heavy atom. The van der Waals surface area contributed by atoms with E-state index in [1.807, 2.05) is 71.3 Å². The monoisotopic (exact) mass is 475 g/mol. The fourth-order valence-electron chi connectivity index (χ4n) is 3.76. The van der Waals surface area contributed by atoms with E-state index in [1.165, 1.54) is 11.8 Å². The van der Waals surface area contributed by atoms with Gasteiger partial charge in [0.1, 0.15) is 0 Å². The Labute approximate surface area is 198 Å². The van der Waals surface area contributed by atoms with Crippen LogP contribution in [0.5, 0.6) is 0 Å². The average molecular weight is 476 g/mol. The van der Waals surface area contributed by atoms with E-state index >= 15 is 0 Å². The van der Waals surface area contributed by atoms with Crippen molar-refractivity contribution in [3.63, 3.8) is 0 Å². The number of para-hydroxylation sites is 2. The van der Waals surface area contributed by atoms with Gasteiger partial charge in [0.15, 0.2) is 5.16 Å². The van der Waals surface area contributed by atoms with Gasteiger partial charge in [-0.15, -0.1) is 21.5 Å². The Kier molecular flexibility index (Phi) is 5.74. The molecule has 166 valence electrons. The molecule has 0 aliphatic carbocycles. The Balaban J connectivity index is 1.55. The molecule has 5 aromatic rings. The van der Waals surface area contributed by atoms with E-state index in [0.717, 1.165) is 16.1 Å². The van der Waals surface area contributed by atoms with Crippen LogP contribution in [0, 0.1) is 6.92 Å². The molecule has 3 heterocycles. The molecule has 0 spiro atoms. The highest BCUT2D eigenvalue weighted by Crippen LogP contribution is 2.24. The van der Waals surface area contributed by atoms with Crippen molar-refractivity contribution in [2.24, 2.45) is 0 Å². The zero-order valence-corrected chi connectivity index (χ0v) is 19.8. The first-order chi connectivity index (χ1) is 16.0. The molecule has 0 radical (unpaired) electrons. The molecular formula is C24H21N5O2S2. The summed E-state index contributed by atoms with van der Waals surface area (Å²) in [5.74, 6) is 0.650. The summed E-state index contributed by atoms with van der Waals surface area (Å²) >= 11 is 2.95. The first kappa shape index (κ1) is 21.4. The summed E-state index contributed by atoms with van der Waals surface area (Å²) in [4.78, 5) is 29.0. The summed E-state index contributed by atoms with van der Waals surface area (Å²) in [6, 6.07) is 19.1. The standard InChI is InChI=1S/C24H21N5O2S2/c1-16-8-3-5-11-19(16)28-22(31)18-10-4-6-12-20(18)29-23(28)25-26-24(29)33-15-21(30)27(2)14-17-9-7-13-32-17/h3-13H,14-15H2,1-2H3. The zero-order valence-electron chi connectivity index (χ0n) is 18.1. The Bertz CT molecular complexity index is 1520. The number of hydrogen-bond donors (Lipinski definition) is 0. The van der Waals surface area contributed by atoms with E-state index in [1.54, 1.807) is 33.9 Å². The largest absolute Gasteiger partial charge is 0.340 e. The van der Waals surface area contributed by atoms with Crippen LogP contribution in [0.25, 0.3) is 22.4 Å². The Hall–Kier alpha value is -3.43. The van der Waals surface area contributed by atoms with E-state index in [-0.39, 0.29) is 17.2 Å². The summed E-state index contributed by atoms with van der Waals surface area (Å²) in [6.45, 7) is 2.54. The molecular weight excluding hydrogens is 454 g/mol. The molecule has 0 saturated carbocycles. The second-order valence-electron chi connectivity index (χ2n) is 7.68. The van der Waals surface area contributed by atoms with Crippen molar-refractivity contribution < 1.29 is 4.79 Å². The lowest BCUT2D eigenvalue weighted by Gasteiger charge is -2.16. The molecule has 0 N–H and O–H groups in total. The SMILES string of the molecule is Cc1ccccc1-n1c(=O)c2ccccc2n2c(SCC(=O)N(C)Cc3cccs3)nnc12. The number of benzene rings is 2. The van der Waals surface area contributed by atoms with Gasteiger partial charge in [0.25, 0.3) is 5.56 Å². The predicted octanol–water partition coefficient (Wildman–Crippen LogP) is 4.15. The lowest BCUT2D eigenvalue weighted by molar-refractivity contribution is -0.127. The fraction of sp³-hybridized carbons (Fsp3) is 0.167. The number of hydrogen-bond acceptors (Lipinski definition) is 6. The quantitative estimate of drug-likeness (QED) is 0.345. The van der Waals surface area contributed by atoms with Gasteiger partial charge in [-0.05, 0) is 42.1 Å². The summed E-state index contributed by atoms with van der Waals surface area (Å²) in [5, 5.41) is 11.9. The Morgan fingerprint density at radius 3 is 2.64 bits per heavy atom. The molecule has 7 nitrogen and oxygen atoms in total. The molecule has 2 aromatic carbocycles. The molecule has 5 rings (SSSR count). The molecule has 9 heteroatoms. The summed E-state index contributed by atoms with van der Waals surface area (Å²) in [6.07, 6.45) is 0. The maximum absolute atomic E-state index is 13.4. The van der Waals surface area contributed by atoms with Gasteiger partial charge in [0, 0.05) is 11.9 Å². The number of thiophene rings is 1. The van der Waals surface area contributed by atoms with Gasteiger partial charge in [-0.2, -0.15) is 0 Å². The third kappa shape index (κ3) is 3.94. The van der Waals surface area contributed by atoms with Crippen LogP contribution in [0.15, 0.2) is 76.0 Å². The zero-order chi connectivity index (χ0) is 22.9. The van der Waals surface area contributed by atoms with Crippen LogP contribution < -0.4 is 5.56 Å². The van der Waals surface area contributed by atoms with Crippen LogP contribution in [0.4, 0.5) is 0 Å². The molecule has 0 saturated heterocycles. The van der Waals surface area contributed by atoms with Crippen LogP contribution in [0.1, 0.15) is 10.4 Å². The maximum Gasteiger partial charge on any atom is 0.267 e. The smallest absolute Gasteiger partial charge is 0.267 e. The number of nitrogens with zero attached hydrogens (tertiary/aromatic N) is 5. The van der Waals surface area contributed by atoms with Crippen molar-refractivity contribution in [2.45, 2.75) is 18.6 Å². The lowest BCUT2D eigenvalue weighted by atomic mass is 10.2. The van der Waals surface area contributed by atoms with E-state index in [0.29, 0.717) is 28.4 Å². The van der Waals surface area contributed by atoms with Gasteiger partial charge in [0.05, 0.1) is 28.9 Å². The minimum atomic E-state index is -0.150. The predicted molar refractivity (Wildman–Crippen MR) is 132 cm³/mol. The minimum Gasteiger partial charge on any atom is -0.340 e. The van der Waals surface area contributed by atoms with Gasteiger partial charge in [-0.25, -0.2) is 4.57 Å². The fourth-order valence-corrected chi connectivity index (χ4v) is 5.40. The number of rotatable bonds is 6. The number of thioether (sulfide) groups is 1. The van der Waals surface area contributed by atoms with Gasteiger partial charge in [-0.3, -0.25) is 14.0 Å². The first-order valence-electron chi connectivity index (χ1n) is 10.4. The van der Waals surface area contributed by atoms with Gasteiger partial charge in [-0.1, -0.05) is 48.2 Å². The van der Waals surface area contributed by atoms with E-state index in [9.17, 15) is 9.59 Å². The molecule has 0 unspecified atom stereocenters. The molecule has 3 aromatic heterocycles. The van der Waals surface area contributed by atoms with Gasteiger partial charge in [0.2, 0.25) is 11.7 Å². The van der Waals surface area contributed by atoms with Crippen molar-refractivity contribution in [1.29, 1.82) is 0 Å². The molecule has 1 amide bonds. The topological polar surface area (TPSA) is 72.5 Å². The van der Waals surface area contributed by atoms with Crippen molar-refractivity contribution in [3.8, 4) is 5.69 Å². The molecule has 0 atom stereocenters. The first-order valence-corrected chi connectivity index (χ1v) is 12.2. The molecule has 0 fully saturated rings. The summed E-state index contributed by atoms with van der Waals surface area (Å²) in [7, 11) is 1.80. The van der Waals surface area contributed by atoms with Crippen LogP contribution in [-0.2, 0) is 11.3 Å². The van der Waals surface area contributed by atoms with Gasteiger partial charge < -0.3 is 4.90 Å². The third-order valence-electron chi connectivity index (χ3n) is 5.47. The molecule has 33 heavy (non-hydrogen) atoms. The number of fused-ring (bicyclic) bond motifs is 3. The van der Waals surface area contributed by atoms with Crippen molar-refractivity contribution in [3.05, 3.63) is 86.8 Å². The minimum absolute atomic E-state index is 0.00156. The highest BCUT2D eigenvalue weighted by atomic mass is 32.2. The van der Waals surface area contributed by atoms with E-state index < -0.39 is 0 Å². The Morgan fingerprint density at radius 1 is 1.06 bits per heavy atom. The summed E-state index contributed by atoms with van der Waals surface area (Å²) in [5.41, 5.74) is 2.28. The van der Waals surface area contributed by atoms with Crippen molar-refractivity contribution >= 4 is 45.7 Å². The van der Waals surface area contributed by atoms with Gasteiger partial charge >= 0.3 is 0 Å². The van der Waals surface area contributed by atoms with Crippen LogP contribution >= 0.6 is 23.1 Å². The third-order valence-corrected chi connectivity index (χ3v) is 7.25. The highest BCUT2D eigenvalue weighted by Gasteiger charge is 2.20. The molecule has 0 aliphatic rings. The second kappa shape index (κ2) is 8.84. The number of aryl methyl sites for hydroxylation is 1. The number of carbonyl (C=O) groups is 1. The van der Waals surface area contributed by atoms with Crippen LogP contribution in [0.2, 0.25) is 0 Å². The number of amides is 1. The molecule has 0 aliphatic heterocycles. The number of aromatic nitrogens is 4. The van der Waals surface area contributed by atoms with E-state index in [2.05, 4.69) is 10.2 Å². The highest BCUT2D eigenvalue weighted by molar-refractivity contribution is 7.99. The summed E-state index contributed by atoms with van der Waals surface area (Å²) < 4.78 is 3.46. The molecule has 0 bridgehead atoms. The lowest BCUT2D eigenvalue weighted by Crippen LogP contribution is -2.27. The van der Waals surface area contributed by atoms with Crippen LogP contribution in [-0.4, -0.2) is 42.8 Å². The van der Waals surface area contributed by atoms with Crippen LogP contribution in [0.3, 0.4) is 0 Å². The average Bonchev–Trinajstić information content (AvgIpc) is 3.49. The van der Waals surface area contributed by atoms with Crippen molar-refractivity contribution in [2.75, 3.05) is 12.8 Å². The van der Waals surface area contributed by atoms with Crippen molar-refractivity contribution in [1.82, 2.24) is 24.1 Å². The maximum atomic E-state index is 13.4. The number of carbonyl (C=O) groups excluding carboxylic acids is 1. The van der Waals surface area contributed by atoms with E-state index in [4.69, 9.17) is 0 Å². The second-order valence-corrected chi connectivity index (χ2v) is 9.65. The normalized spacial score (nSPS) is 11.3.